The van der Waals surface area contributed by atoms with Crippen LogP contribution >= 0.6 is 0 Å². The highest BCUT2D eigenvalue weighted by molar-refractivity contribution is 5.52. The molecule has 0 bridgehead atoms. The van der Waals surface area contributed by atoms with Crippen molar-refractivity contribution < 1.29 is 4.92 Å². The van der Waals surface area contributed by atoms with Gasteiger partial charge >= 0.3 is 0 Å². The molecule has 0 fully saturated rings. The minimum Gasteiger partial charge on any atom is -0.366 e. The number of fused-ring (bicyclic) bond motifs is 1. The Kier molecular flexibility index (Phi) is 3.81. The van der Waals surface area contributed by atoms with E-state index >= 15 is 0 Å². The second-order valence-electron chi connectivity index (χ2n) is 5.27. The molecule has 5 nitrogen and oxygen atoms in total. The van der Waals surface area contributed by atoms with E-state index in [1.807, 2.05) is 24.4 Å². The number of rotatable bonds is 3. The van der Waals surface area contributed by atoms with Crippen LogP contribution in [-0.2, 0) is 13.0 Å². The molecule has 1 aliphatic heterocycles. The average molecular weight is 283 g/mol. The van der Waals surface area contributed by atoms with Gasteiger partial charge < -0.3 is 4.90 Å². The molecule has 0 radical (unpaired) electrons. The van der Waals surface area contributed by atoms with Gasteiger partial charge in [0.2, 0.25) is 0 Å². The fourth-order valence-electron chi connectivity index (χ4n) is 2.73. The van der Waals surface area contributed by atoms with Gasteiger partial charge in [-0.2, -0.15) is 0 Å². The maximum atomic E-state index is 10.7. The Hall–Kier alpha value is -2.43. The number of hydrogen-bond donors (Lipinski definition) is 0. The van der Waals surface area contributed by atoms with Gasteiger partial charge in [0.1, 0.15) is 0 Å². The Morgan fingerprint density at radius 2 is 2.00 bits per heavy atom. The summed E-state index contributed by atoms with van der Waals surface area (Å²) < 4.78 is 0. The summed E-state index contributed by atoms with van der Waals surface area (Å²) in [5.41, 5.74) is 3.55. The van der Waals surface area contributed by atoms with Crippen molar-refractivity contribution in [2.45, 2.75) is 25.8 Å². The van der Waals surface area contributed by atoms with E-state index in [1.165, 1.54) is 5.69 Å². The van der Waals surface area contributed by atoms with Crippen molar-refractivity contribution in [2.24, 2.45) is 0 Å². The highest BCUT2D eigenvalue weighted by Gasteiger charge is 2.16. The first-order valence-electron chi connectivity index (χ1n) is 7.16. The summed E-state index contributed by atoms with van der Waals surface area (Å²) >= 11 is 0. The van der Waals surface area contributed by atoms with E-state index in [0.717, 1.165) is 43.6 Å². The van der Waals surface area contributed by atoms with Crippen LogP contribution in [0.25, 0.3) is 0 Å². The summed E-state index contributed by atoms with van der Waals surface area (Å²) in [5.74, 6) is 0. The van der Waals surface area contributed by atoms with Crippen molar-refractivity contribution in [1.82, 2.24) is 4.98 Å². The lowest BCUT2D eigenvalue weighted by molar-refractivity contribution is -0.384. The zero-order valence-corrected chi connectivity index (χ0v) is 11.7. The molecule has 0 unspecified atom stereocenters. The fourth-order valence-corrected chi connectivity index (χ4v) is 2.73. The lowest BCUT2D eigenvalue weighted by Gasteiger charge is -2.24. The van der Waals surface area contributed by atoms with Crippen molar-refractivity contribution in [3.05, 3.63) is 64.0 Å². The zero-order valence-electron chi connectivity index (χ0n) is 11.7. The number of aryl methyl sites for hydroxylation is 1. The van der Waals surface area contributed by atoms with E-state index < -0.39 is 0 Å². The Morgan fingerprint density at radius 1 is 1.19 bits per heavy atom. The molecule has 1 aromatic heterocycles. The molecule has 0 saturated heterocycles. The Labute approximate surface area is 123 Å². The Bertz CT molecular complexity index is 640. The van der Waals surface area contributed by atoms with E-state index in [1.54, 1.807) is 12.1 Å². The van der Waals surface area contributed by atoms with E-state index in [9.17, 15) is 10.1 Å². The maximum Gasteiger partial charge on any atom is 0.269 e. The minimum atomic E-state index is -0.366. The second-order valence-corrected chi connectivity index (χ2v) is 5.27. The van der Waals surface area contributed by atoms with E-state index in [4.69, 9.17) is 0 Å². The molecule has 108 valence electrons. The smallest absolute Gasteiger partial charge is 0.269 e. The van der Waals surface area contributed by atoms with Crippen LogP contribution < -0.4 is 4.90 Å². The van der Waals surface area contributed by atoms with Crippen LogP contribution in [-0.4, -0.2) is 16.5 Å². The molecule has 1 aliphatic rings. The highest BCUT2D eigenvalue weighted by Crippen LogP contribution is 2.26. The predicted molar refractivity (Wildman–Crippen MR) is 81.3 cm³/mol. The van der Waals surface area contributed by atoms with Crippen LogP contribution in [0.2, 0.25) is 0 Å². The summed E-state index contributed by atoms with van der Waals surface area (Å²) in [7, 11) is 0. The zero-order chi connectivity index (χ0) is 14.7. The number of non-ortho nitro benzene ring substituents is 1. The normalized spacial score (nSPS) is 14.4. The molecule has 5 heteroatoms. The lowest BCUT2D eigenvalue weighted by Crippen LogP contribution is -2.23. The number of anilines is 1. The van der Waals surface area contributed by atoms with E-state index in [-0.39, 0.29) is 10.6 Å². The standard InChI is InChI=1S/C16H17N3O2/c20-19(21)14-8-6-13(7-9-14)12-18-11-2-1-4-15-16(18)5-3-10-17-15/h3,5-10H,1-2,4,11-12H2. The van der Waals surface area contributed by atoms with Gasteiger partial charge in [-0.15, -0.1) is 0 Å². The van der Waals surface area contributed by atoms with Crippen molar-refractivity contribution in [3.63, 3.8) is 0 Å². The highest BCUT2D eigenvalue weighted by atomic mass is 16.6. The predicted octanol–water partition coefficient (Wildman–Crippen LogP) is 3.33. The average Bonchev–Trinajstić information content (AvgIpc) is 2.71. The fraction of sp³-hybridized carbons (Fsp3) is 0.312. The summed E-state index contributed by atoms with van der Waals surface area (Å²) in [6, 6.07) is 10.9. The first kappa shape index (κ1) is 13.5. The van der Waals surface area contributed by atoms with E-state index in [0.29, 0.717) is 0 Å². The number of aromatic nitrogens is 1. The largest absolute Gasteiger partial charge is 0.366 e. The van der Waals surface area contributed by atoms with Gasteiger partial charge in [0.05, 0.1) is 16.3 Å². The quantitative estimate of drug-likeness (QED) is 0.640. The molecular formula is C16H17N3O2. The van der Waals surface area contributed by atoms with E-state index in [2.05, 4.69) is 16.0 Å². The molecular weight excluding hydrogens is 266 g/mol. The number of nitro benzene ring substituents is 1. The van der Waals surface area contributed by atoms with Gasteiger partial charge in [-0.25, -0.2) is 0 Å². The number of pyridine rings is 1. The molecule has 0 saturated carbocycles. The van der Waals surface area contributed by atoms with Crippen molar-refractivity contribution in [2.75, 3.05) is 11.4 Å². The van der Waals surface area contributed by atoms with Crippen LogP contribution in [0.5, 0.6) is 0 Å². The molecule has 0 spiro atoms. The first-order valence-corrected chi connectivity index (χ1v) is 7.16. The SMILES string of the molecule is O=[N+]([O-])c1ccc(CN2CCCCc3ncccc32)cc1. The second kappa shape index (κ2) is 5.91. The van der Waals surface area contributed by atoms with Crippen LogP contribution in [0, 0.1) is 10.1 Å². The molecule has 0 aliphatic carbocycles. The summed E-state index contributed by atoms with van der Waals surface area (Å²) in [4.78, 5) is 17.1. The van der Waals surface area contributed by atoms with Crippen molar-refractivity contribution in [3.8, 4) is 0 Å². The van der Waals surface area contributed by atoms with Crippen LogP contribution in [0.1, 0.15) is 24.1 Å². The Balaban J connectivity index is 1.82. The molecule has 0 N–H and O–H groups in total. The Morgan fingerprint density at radius 3 is 2.76 bits per heavy atom. The van der Waals surface area contributed by atoms with Crippen LogP contribution in [0.4, 0.5) is 11.4 Å². The van der Waals surface area contributed by atoms with Crippen molar-refractivity contribution in [1.29, 1.82) is 0 Å². The molecule has 2 aromatic rings. The molecule has 0 atom stereocenters. The van der Waals surface area contributed by atoms with Gasteiger partial charge in [0, 0.05) is 31.4 Å². The number of nitrogens with zero attached hydrogens (tertiary/aromatic N) is 3. The van der Waals surface area contributed by atoms with Gasteiger partial charge in [0.15, 0.2) is 0 Å². The maximum absolute atomic E-state index is 10.7. The van der Waals surface area contributed by atoms with Gasteiger partial charge in [-0.3, -0.25) is 15.1 Å². The van der Waals surface area contributed by atoms with Crippen LogP contribution in [0.15, 0.2) is 42.6 Å². The van der Waals surface area contributed by atoms with Gasteiger partial charge in [-0.1, -0.05) is 12.1 Å². The third-order valence-electron chi connectivity index (χ3n) is 3.82. The molecule has 2 heterocycles. The molecule has 3 rings (SSSR count). The number of benzene rings is 1. The monoisotopic (exact) mass is 283 g/mol. The number of hydrogen-bond acceptors (Lipinski definition) is 4. The van der Waals surface area contributed by atoms with Gasteiger partial charge in [-0.05, 0) is 37.0 Å². The number of nitro groups is 1. The molecule has 21 heavy (non-hydrogen) atoms. The summed E-state index contributed by atoms with van der Waals surface area (Å²) in [6.07, 6.45) is 5.16. The van der Waals surface area contributed by atoms with Gasteiger partial charge in [0.25, 0.3) is 5.69 Å². The third-order valence-corrected chi connectivity index (χ3v) is 3.82. The summed E-state index contributed by atoms with van der Waals surface area (Å²) in [5, 5.41) is 10.7. The lowest BCUT2D eigenvalue weighted by atomic mass is 10.1. The minimum absolute atomic E-state index is 0.136. The topological polar surface area (TPSA) is 59.3 Å². The molecule has 1 aromatic carbocycles. The third kappa shape index (κ3) is 3.02. The van der Waals surface area contributed by atoms with Crippen LogP contribution in [0.3, 0.4) is 0 Å². The van der Waals surface area contributed by atoms with Crippen molar-refractivity contribution >= 4 is 11.4 Å². The summed E-state index contributed by atoms with van der Waals surface area (Å²) in [6.45, 7) is 1.76. The molecule has 0 amide bonds. The first-order chi connectivity index (χ1) is 10.2.